The van der Waals surface area contributed by atoms with Gasteiger partial charge in [0.15, 0.2) is 0 Å². The molecule has 2 saturated heterocycles. The lowest BCUT2D eigenvalue weighted by Gasteiger charge is -2.24. The Bertz CT molecular complexity index is 319. The molecule has 0 saturated carbocycles. The summed E-state index contributed by atoms with van der Waals surface area (Å²) in [5, 5.41) is 3.35. The molecule has 0 unspecified atom stereocenters. The van der Waals surface area contributed by atoms with Crippen LogP contribution < -0.4 is 10.8 Å². The first kappa shape index (κ1) is 8.28. The number of hydrogen-bond acceptors (Lipinski definition) is 5. The molecule has 3 heterocycles. The highest BCUT2D eigenvalue weighted by Crippen LogP contribution is 2.35. The second-order valence-corrected chi connectivity index (χ2v) is 3.80. The zero-order valence-corrected chi connectivity index (χ0v) is 7.73. The summed E-state index contributed by atoms with van der Waals surface area (Å²) in [7, 11) is 0. The van der Waals surface area contributed by atoms with Crippen LogP contribution in [0.4, 0.5) is 0 Å². The fraction of sp³-hybridized carbons (Fsp3) is 0.556. The minimum Gasteiger partial charge on any atom is -0.314 e. The van der Waals surface area contributed by atoms with Crippen LogP contribution in [0, 0.1) is 5.92 Å². The molecule has 2 N–H and O–H groups in total. The van der Waals surface area contributed by atoms with E-state index in [2.05, 4.69) is 20.8 Å². The minimum atomic E-state index is -0.158. The van der Waals surface area contributed by atoms with E-state index >= 15 is 0 Å². The van der Waals surface area contributed by atoms with Crippen LogP contribution in [0.1, 0.15) is 5.69 Å². The zero-order valence-electron chi connectivity index (χ0n) is 7.73. The van der Waals surface area contributed by atoms with Crippen molar-refractivity contribution in [3.8, 4) is 0 Å². The van der Waals surface area contributed by atoms with Gasteiger partial charge in [0.25, 0.3) is 0 Å². The molecule has 2 aliphatic rings. The van der Waals surface area contributed by atoms with Crippen molar-refractivity contribution in [3.63, 3.8) is 0 Å². The number of nitrogens with one attached hydrogen (secondary N) is 2. The Hall–Kier alpha value is -1.04. The van der Waals surface area contributed by atoms with Gasteiger partial charge < -0.3 is 10.2 Å². The van der Waals surface area contributed by atoms with Gasteiger partial charge in [-0.1, -0.05) is 0 Å². The zero-order chi connectivity index (χ0) is 9.43. The van der Waals surface area contributed by atoms with Crippen LogP contribution >= 0.6 is 0 Å². The van der Waals surface area contributed by atoms with E-state index in [0.717, 1.165) is 25.4 Å². The van der Waals surface area contributed by atoms with Gasteiger partial charge in [-0.25, -0.2) is 0 Å². The third kappa shape index (κ3) is 1.00. The molecule has 1 aromatic rings. The number of fused-ring (bicyclic) bond motifs is 1. The van der Waals surface area contributed by atoms with Crippen molar-refractivity contribution in [2.45, 2.75) is 5.54 Å². The van der Waals surface area contributed by atoms with Crippen LogP contribution in [0.3, 0.4) is 0 Å². The molecule has 0 amide bonds. The second-order valence-electron chi connectivity index (χ2n) is 3.80. The number of aromatic nitrogens is 2. The summed E-state index contributed by atoms with van der Waals surface area (Å²) in [5.74, 6) is 0.458. The number of hydroxylamine groups is 1. The Labute approximate surface area is 81.9 Å². The molecule has 0 aromatic carbocycles. The third-order valence-electron chi connectivity index (χ3n) is 3.05. The average molecular weight is 192 g/mol. The van der Waals surface area contributed by atoms with Gasteiger partial charge in [0, 0.05) is 31.4 Å². The minimum absolute atomic E-state index is 0.158. The lowest BCUT2D eigenvalue weighted by molar-refractivity contribution is 0.0587. The van der Waals surface area contributed by atoms with Crippen molar-refractivity contribution >= 4 is 0 Å². The molecule has 0 aliphatic carbocycles. The first-order valence-electron chi connectivity index (χ1n) is 4.78. The molecule has 0 radical (unpaired) electrons. The molecular weight excluding hydrogens is 180 g/mol. The summed E-state index contributed by atoms with van der Waals surface area (Å²) in [6.07, 6.45) is 5.22. The smallest absolute Gasteiger partial charge is 0.105 e. The number of rotatable bonds is 1. The van der Waals surface area contributed by atoms with Crippen LogP contribution in [0.2, 0.25) is 0 Å². The van der Waals surface area contributed by atoms with Crippen LogP contribution in [0.5, 0.6) is 0 Å². The molecule has 3 rings (SSSR count). The van der Waals surface area contributed by atoms with Crippen molar-refractivity contribution in [1.29, 1.82) is 0 Å². The van der Waals surface area contributed by atoms with Crippen molar-refractivity contribution in [1.82, 2.24) is 20.8 Å². The molecule has 2 atom stereocenters. The summed E-state index contributed by atoms with van der Waals surface area (Å²) < 4.78 is 0. The molecule has 2 aliphatic heterocycles. The predicted octanol–water partition coefficient (Wildman–Crippen LogP) is -0.574. The van der Waals surface area contributed by atoms with Gasteiger partial charge in [0.05, 0.1) is 18.5 Å². The Morgan fingerprint density at radius 2 is 2.50 bits per heavy atom. The SMILES string of the molecule is c1cnc([C@@]23CNC[C@@H]2CON3)cn1. The van der Waals surface area contributed by atoms with E-state index in [1.807, 2.05) is 6.20 Å². The Morgan fingerprint density at radius 3 is 3.36 bits per heavy atom. The maximum atomic E-state index is 5.31. The molecule has 74 valence electrons. The Morgan fingerprint density at radius 1 is 1.50 bits per heavy atom. The van der Waals surface area contributed by atoms with Crippen LogP contribution in [-0.4, -0.2) is 29.7 Å². The first-order chi connectivity index (χ1) is 6.92. The maximum absolute atomic E-state index is 5.31. The second kappa shape index (κ2) is 2.98. The van der Waals surface area contributed by atoms with Gasteiger partial charge >= 0.3 is 0 Å². The molecule has 14 heavy (non-hydrogen) atoms. The molecule has 0 bridgehead atoms. The van der Waals surface area contributed by atoms with Crippen LogP contribution in [0.15, 0.2) is 18.6 Å². The summed E-state index contributed by atoms with van der Waals surface area (Å²) >= 11 is 0. The molecule has 5 heteroatoms. The molecule has 2 fully saturated rings. The first-order valence-corrected chi connectivity index (χ1v) is 4.78. The molecule has 1 aromatic heterocycles. The highest BCUT2D eigenvalue weighted by atomic mass is 16.7. The lowest BCUT2D eigenvalue weighted by atomic mass is 9.86. The van der Waals surface area contributed by atoms with E-state index < -0.39 is 0 Å². The lowest BCUT2D eigenvalue weighted by Crippen LogP contribution is -2.43. The Balaban J connectivity index is 2.03. The van der Waals surface area contributed by atoms with Gasteiger partial charge in [-0.3, -0.25) is 9.97 Å². The van der Waals surface area contributed by atoms with E-state index in [1.54, 1.807) is 12.4 Å². The Kier molecular flexibility index (Phi) is 1.76. The van der Waals surface area contributed by atoms with E-state index in [1.165, 1.54) is 0 Å². The topological polar surface area (TPSA) is 59.1 Å². The van der Waals surface area contributed by atoms with Gasteiger partial charge in [-0.05, 0) is 0 Å². The van der Waals surface area contributed by atoms with Crippen molar-refractivity contribution in [2.75, 3.05) is 19.7 Å². The quantitative estimate of drug-likeness (QED) is 0.624. The van der Waals surface area contributed by atoms with E-state index in [-0.39, 0.29) is 5.54 Å². The fourth-order valence-corrected chi connectivity index (χ4v) is 2.24. The normalized spacial score (nSPS) is 35.9. The summed E-state index contributed by atoms with van der Waals surface area (Å²) in [6.45, 7) is 2.57. The monoisotopic (exact) mass is 192 g/mol. The summed E-state index contributed by atoms with van der Waals surface area (Å²) in [6, 6.07) is 0. The third-order valence-corrected chi connectivity index (χ3v) is 3.05. The van der Waals surface area contributed by atoms with Crippen LogP contribution in [0.25, 0.3) is 0 Å². The fourth-order valence-electron chi connectivity index (χ4n) is 2.24. The van der Waals surface area contributed by atoms with Gasteiger partial charge in [-0.2, -0.15) is 5.48 Å². The largest absolute Gasteiger partial charge is 0.314 e. The van der Waals surface area contributed by atoms with Gasteiger partial charge in [0.1, 0.15) is 5.54 Å². The molecular formula is C9H12N4O. The van der Waals surface area contributed by atoms with Crippen molar-refractivity contribution in [3.05, 3.63) is 24.3 Å². The highest BCUT2D eigenvalue weighted by Gasteiger charge is 2.50. The van der Waals surface area contributed by atoms with E-state index in [0.29, 0.717) is 5.92 Å². The van der Waals surface area contributed by atoms with E-state index in [4.69, 9.17) is 4.84 Å². The maximum Gasteiger partial charge on any atom is 0.105 e. The summed E-state index contributed by atoms with van der Waals surface area (Å²) in [4.78, 5) is 13.8. The van der Waals surface area contributed by atoms with Gasteiger partial charge in [0.2, 0.25) is 0 Å². The van der Waals surface area contributed by atoms with E-state index in [9.17, 15) is 0 Å². The van der Waals surface area contributed by atoms with Crippen molar-refractivity contribution in [2.24, 2.45) is 5.92 Å². The van der Waals surface area contributed by atoms with Gasteiger partial charge in [-0.15, -0.1) is 0 Å². The average Bonchev–Trinajstić information content (AvgIpc) is 2.77. The molecule has 5 nitrogen and oxygen atoms in total. The highest BCUT2D eigenvalue weighted by molar-refractivity contribution is 5.19. The van der Waals surface area contributed by atoms with Crippen LogP contribution in [-0.2, 0) is 10.4 Å². The molecule has 0 spiro atoms. The number of nitrogens with zero attached hydrogens (tertiary/aromatic N) is 2. The van der Waals surface area contributed by atoms with Crippen molar-refractivity contribution < 1.29 is 4.84 Å². The predicted molar refractivity (Wildman–Crippen MR) is 49.2 cm³/mol. The standard InChI is InChI=1S/C9H12N4O/c1-2-12-8(4-10-1)9-6-11-3-7(9)5-14-13-9/h1-2,4,7,11,13H,3,5-6H2/t7-,9-/m1/s1. The number of hydrogen-bond donors (Lipinski definition) is 2. The summed E-state index contributed by atoms with van der Waals surface area (Å²) in [5.41, 5.74) is 3.89.